The van der Waals surface area contributed by atoms with E-state index in [1.807, 2.05) is 22.6 Å². The highest BCUT2D eigenvalue weighted by molar-refractivity contribution is 14.1. The van der Waals surface area contributed by atoms with Crippen molar-refractivity contribution >= 4 is 40.1 Å². The van der Waals surface area contributed by atoms with Crippen LogP contribution in [0.5, 0.6) is 0 Å². The Labute approximate surface area is 162 Å². The van der Waals surface area contributed by atoms with Gasteiger partial charge in [0.2, 0.25) is 5.76 Å². The number of amides is 2. The Balaban J connectivity index is 1.68. The first-order chi connectivity index (χ1) is 12.4. The van der Waals surface area contributed by atoms with E-state index in [-0.39, 0.29) is 23.3 Å². The molecule has 2 heterocycles. The van der Waals surface area contributed by atoms with E-state index in [1.165, 1.54) is 12.1 Å². The molecule has 1 saturated heterocycles. The van der Waals surface area contributed by atoms with Gasteiger partial charge in [0.15, 0.2) is 0 Å². The molecule has 1 fully saturated rings. The molecule has 26 heavy (non-hydrogen) atoms. The summed E-state index contributed by atoms with van der Waals surface area (Å²) in [7, 11) is 0. The molecule has 3 rings (SSSR count). The summed E-state index contributed by atoms with van der Waals surface area (Å²) in [5, 5.41) is 14.6. The molecular weight excluding hydrogens is 455 g/mol. The second-order valence-electron chi connectivity index (χ2n) is 5.84. The molecule has 0 atom stereocenters. The van der Waals surface area contributed by atoms with Gasteiger partial charge in [-0.2, -0.15) is 0 Å². The van der Waals surface area contributed by atoms with E-state index in [0.717, 1.165) is 0 Å². The summed E-state index contributed by atoms with van der Waals surface area (Å²) in [4.78, 5) is 38.7. The van der Waals surface area contributed by atoms with Gasteiger partial charge in [-0.15, -0.1) is 0 Å². The van der Waals surface area contributed by atoms with Crippen LogP contribution in [-0.4, -0.2) is 57.9 Å². The number of rotatable bonds is 3. The van der Waals surface area contributed by atoms with Crippen molar-refractivity contribution in [2.45, 2.75) is 6.92 Å². The number of hydrogen-bond donors (Lipinski definition) is 0. The molecule has 136 valence electrons. The Morgan fingerprint density at radius 2 is 1.77 bits per heavy atom. The van der Waals surface area contributed by atoms with Crippen molar-refractivity contribution in [1.29, 1.82) is 0 Å². The second-order valence-corrected chi connectivity index (χ2v) is 7.00. The van der Waals surface area contributed by atoms with Gasteiger partial charge in [0.05, 0.1) is 16.2 Å². The molecule has 0 unspecified atom stereocenters. The van der Waals surface area contributed by atoms with E-state index in [1.54, 1.807) is 28.9 Å². The molecule has 10 heteroatoms. The predicted molar refractivity (Wildman–Crippen MR) is 98.9 cm³/mol. The number of aromatic nitrogens is 1. The monoisotopic (exact) mass is 470 g/mol. The number of nitrogens with zero attached hydrogens (tertiary/aromatic N) is 4. The fourth-order valence-electron chi connectivity index (χ4n) is 2.69. The molecule has 0 N–H and O–H groups in total. The third kappa shape index (κ3) is 3.69. The Kier molecular flexibility index (Phi) is 5.20. The molecule has 1 aromatic carbocycles. The summed E-state index contributed by atoms with van der Waals surface area (Å²) in [6.45, 7) is 3.14. The Morgan fingerprint density at radius 3 is 2.31 bits per heavy atom. The van der Waals surface area contributed by atoms with E-state index in [2.05, 4.69) is 5.16 Å². The SMILES string of the molecule is Cc1cc(C(=O)N2CCN(C(=O)c3cc([N+](=O)[O-])ccc3I)CC2)on1. The zero-order valence-electron chi connectivity index (χ0n) is 13.8. The van der Waals surface area contributed by atoms with Gasteiger partial charge in [0, 0.05) is 47.9 Å². The summed E-state index contributed by atoms with van der Waals surface area (Å²) in [6.07, 6.45) is 0. The molecule has 9 nitrogen and oxygen atoms in total. The topological polar surface area (TPSA) is 110 Å². The van der Waals surface area contributed by atoms with Crippen molar-refractivity contribution in [2.24, 2.45) is 0 Å². The highest BCUT2D eigenvalue weighted by atomic mass is 127. The minimum absolute atomic E-state index is 0.122. The average Bonchev–Trinajstić information content (AvgIpc) is 3.07. The highest BCUT2D eigenvalue weighted by Crippen LogP contribution is 2.22. The van der Waals surface area contributed by atoms with Crippen molar-refractivity contribution in [3.05, 3.63) is 55.0 Å². The molecule has 0 saturated carbocycles. The minimum atomic E-state index is -0.525. The number of nitro benzene ring substituents is 1. The number of aryl methyl sites for hydroxylation is 1. The molecule has 1 aromatic heterocycles. The Bertz CT molecular complexity index is 873. The molecule has 0 radical (unpaired) electrons. The zero-order valence-corrected chi connectivity index (χ0v) is 16.0. The number of carbonyl (C=O) groups is 2. The molecule has 0 aliphatic carbocycles. The molecule has 0 bridgehead atoms. The lowest BCUT2D eigenvalue weighted by atomic mass is 10.1. The van der Waals surface area contributed by atoms with Gasteiger partial charge in [-0.25, -0.2) is 0 Å². The first kappa shape index (κ1) is 18.3. The van der Waals surface area contributed by atoms with Crippen molar-refractivity contribution in [3.8, 4) is 0 Å². The van der Waals surface area contributed by atoms with Crippen LogP contribution in [0.15, 0.2) is 28.8 Å². The van der Waals surface area contributed by atoms with Crippen molar-refractivity contribution in [1.82, 2.24) is 15.0 Å². The lowest BCUT2D eigenvalue weighted by molar-refractivity contribution is -0.384. The predicted octanol–water partition coefficient (Wildman–Crippen LogP) is 2.09. The fraction of sp³-hybridized carbons (Fsp3) is 0.312. The van der Waals surface area contributed by atoms with E-state index < -0.39 is 4.92 Å². The summed E-state index contributed by atoms with van der Waals surface area (Å²) < 4.78 is 5.63. The van der Waals surface area contributed by atoms with Gasteiger partial charge in [0.25, 0.3) is 17.5 Å². The lowest BCUT2D eigenvalue weighted by Gasteiger charge is -2.34. The standard InChI is InChI=1S/C16H15IN4O5/c1-10-8-14(26-18-10)16(23)20-6-4-19(5-7-20)15(22)12-9-11(21(24)25)2-3-13(12)17/h2-3,8-9H,4-7H2,1H3. The second kappa shape index (κ2) is 7.40. The van der Waals surface area contributed by atoms with Crippen LogP contribution in [0.2, 0.25) is 0 Å². The average molecular weight is 470 g/mol. The third-order valence-corrected chi connectivity index (χ3v) is 5.02. The number of non-ortho nitro benzene ring substituents is 1. The van der Waals surface area contributed by atoms with Crippen LogP contribution in [0, 0.1) is 20.6 Å². The highest BCUT2D eigenvalue weighted by Gasteiger charge is 2.28. The Morgan fingerprint density at radius 1 is 1.15 bits per heavy atom. The van der Waals surface area contributed by atoms with Gasteiger partial charge < -0.3 is 14.3 Å². The van der Waals surface area contributed by atoms with Crippen LogP contribution in [0.3, 0.4) is 0 Å². The fourth-order valence-corrected chi connectivity index (χ4v) is 3.26. The number of halogens is 1. The quantitative estimate of drug-likeness (QED) is 0.386. The van der Waals surface area contributed by atoms with Gasteiger partial charge in [-0.3, -0.25) is 19.7 Å². The largest absolute Gasteiger partial charge is 0.351 e. The van der Waals surface area contributed by atoms with Crippen LogP contribution in [0.4, 0.5) is 5.69 Å². The smallest absolute Gasteiger partial charge is 0.292 e. The van der Waals surface area contributed by atoms with Gasteiger partial charge >= 0.3 is 0 Å². The molecule has 1 aliphatic heterocycles. The van der Waals surface area contributed by atoms with Crippen molar-refractivity contribution in [3.63, 3.8) is 0 Å². The third-order valence-electron chi connectivity index (χ3n) is 4.08. The van der Waals surface area contributed by atoms with Crippen LogP contribution in [0.25, 0.3) is 0 Å². The molecule has 1 aliphatic rings. The van der Waals surface area contributed by atoms with Crippen molar-refractivity contribution < 1.29 is 19.0 Å². The normalized spacial score (nSPS) is 14.4. The lowest BCUT2D eigenvalue weighted by Crippen LogP contribution is -2.50. The van der Waals surface area contributed by atoms with Gasteiger partial charge in [-0.1, -0.05) is 5.16 Å². The maximum Gasteiger partial charge on any atom is 0.292 e. The zero-order chi connectivity index (χ0) is 18.8. The number of nitro groups is 1. The van der Waals surface area contributed by atoms with Crippen LogP contribution < -0.4 is 0 Å². The van der Waals surface area contributed by atoms with E-state index in [9.17, 15) is 19.7 Å². The summed E-state index contributed by atoms with van der Waals surface area (Å²) in [5.41, 5.74) is 0.802. The molecule has 2 amide bonds. The number of carbonyl (C=O) groups excluding carboxylic acids is 2. The van der Waals surface area contributed by atoms with E-state index >= 15 is 0 Å². The maximum atomic E-state index is 12.7. The van der Waals surface area contributed by atoms with Gasteiger partial charge in [0.1, 0.15) is 0 Å². The number of hydrogen-bond acceptors (Lipinski definition) is 6. The Hall–Kier alpha value is -2.50. The molecule has 2 aromatic rings. The summed E-state index contributed by atoms with van der Waals surface area (Å²) >= 11 is 1.98. The van der Waals surface area contributed by atoms with Gasteiger partial charge in [-0.05, 0) is 35.6 Å². The number of benzene rings is 1. The first-order valence-corrected chi connectivity index (χ1v) is 8.90. The molecule has 0 spiro atoms. The maximum absolute atomic E-state index is 12.7. The van der Waals surface area contributed by atoms with Crippen LogP contribution in [-0.2, 0) is 0 Å². The molecular formula is C16H15IN4O5. The number of piperazine rings is 1. The summed E-state index contributed by atoms with van der Waals surface area (Å²) in [5.74, 6) is -0.362. The van der Waals surface area contributed by atoms with E-state index in [0.29, 0.717) is 41.0 Å². The van der Waals surface area contributed by atoms with E-state index in [4.69, 9.17) is 4.52 Å². The van der Waals surface area contributed by atoms with Crippen molar-refractivity contribution in [2.75, 3.05) is 26.2 Å². The van der Waals surface area contributed by atoms with Crippen LogP contribution in [0.1, 0.15) is 26.6 Å². The minimum Gasteiger partial charge on any atom is -0.351 e. The first-order valence-electron chi connectivity index (χ1n) is 7.82. The summed E-state index contributed by atoms with van der Waals surface area (Å²) in [6, 6.07) is 5.79. The van der Waals surface area contributed by atoms with Crippen LogP contribution >= 0.6 is 22.6 Å².